The van der Waals surface area contributed by atoms with Crippen LogP contribution in [0.15, 0.2) is 36.9 Å². The van der Waals surface area contributed by atoms with E-state index in [0.29, 0.717) is 5.56 Å². The van der Waals surface area contributed by atoms with Crippen LogP contribution < -0.4 is 10.6 Å². The summed E-state index contributed by atoms with van der Waals surface area (Å²) in [4.78, 5) is 37.2. The lowest BCUT2D eigenvalue weighted by Crippen LogP contribution is -2.35. The molecule has 2 heterocycles. The van der Waals surface area contributed by atoms with Gasteiger partial charge in [0.2, 0.25) is 5.91 Å². The topological polar surface area (TPSA) is 132 Å². The normalized spacial score (nSPS) is 10.2. The van der Waals surface area contributed by atoms with Gasteiger partial charge < -0.3 is 10.6 Å². The largest absolute Gasteiger partial charge is 0.354 e. The highest BCUT2D eigenvalue weighted by molar-refractivity contribution is 5.93. The van der Waals surface area contributed by atoms with Gasteiger partial charge in [-0.05, 0) is 12.1 Å². The maximum atomic E-state index is 11.7. The van der Waals surface area contributed by atoms with Crippen molar-refractivity contribution >= 4 is 17.5 Å². The van der Waals surface area contributed by atoms with Gasteiger partial charge in [0, 0.05) is 38.4 Å². The Morgan fingerprint density at radius 2 is 2.04 bits per heavy atom. The minimum atomic E-state index is -0.547. The molecule has 0 unspecified atom stereocenters. The van der Waals surface area contributed by atoms with E-state index >= 15 is 0 Å². The van der Waals surface area contributed by atoms with Crippen LogP contribution in [0.5, 0.6) is 0 Å². The first-order valence-corrected chi connectivity index (χ1v) is 7.18. The van der Waals surface area contributed by atoms with Crippen molar-refractivity contribution in [3.63, 3.8) is 0 Å². The summed E-state index contributed by atoms with van der Waals surface area (Å²) in [6, 6.07) is 3.31. The molecule has 2 rings (SSSR count). The summed E-state index contributed by atoms with van der Waals surface area (Å²) in [5.74, 6) is -0.495. The Kier molecular flexibility index (Phi) is 5.95. The Hall–Kier alpha value is -3.30. The second-order valence-corrected chi connectivity index (χ2v) is 4.82. The first kappa shape index (κ1) is 17.1. The number of carbonyl (C=O) groups is 2. The number of hydrogen-bond donors (Lipinski definition) is 2. The van der Waals surface area contributed by atoms with E-state index < -0.39 is 4.92 Å². The zero-order valence-electron chi connectivity index (χ0n) is 12.7. The molecule has 0 aliphatic heterocycles. The third-order valence-electron chi connectivity index (χ3n) is 3.05. The van der Waals surface area contributed by atoms with Gasteiger partial charge >= 0.3 is 5.69 Å². The van der Waals surface area contributed by atoms with Gasteiger partial charge in [-0.3, -0.25) is 29.4 Å². The average molecular weight is 332 g/mol. The van der Waals surface area contributed by atoms with Crippen LogP contribution in [-0.2, 0) is 11.3 Å². The second-order valence-electron chi connectivity index (χ2n) is 4.82. The Bertz CT molecular complexity index is 715. The predicted octanol–water partition coefficient (Wildman–Crippen LogP) is 0.123. The van der Waals surface area contributed by atoms with Gasteiger partial charge in [-0.1, -0.05) is 0 Å². The minimum absolute atomic E-state index is 0.117. The van der Waals surface area contributed by atoms with Crippen molar-refractivity contribution in [3.8, 4) is 0 Å². The van der Waals surface area contributed by atoms with Gasteiger partial charge in [0.25, 0.3) is 5.91 Å². The van der Waals surface area contributed by atoms with Crippen LogP contribution in [0.3, 0.4) is 0 Å². The molecule has 126 valence electrons. The standard InChI is InChI=1S/C14H16N6O4/c21-13(3-7-19-10-12(9-18-19)20(23)24)16-5-6-17-14(22)11-2-1-4-15-8-11/h1-2,4,8-10H,3,5-7H2,(H,16,21)(H,17,22). The van der Waals surface area contributed by atoms with E-state index in [2.05, 4.69) is 20.7 Å². The molecule has 0 bridgehead atoms. The molecule has 10 heteroatoms. The smallest absolute Gasteiger partial charge is 0.306 e. The molecule has 0 aliphatic carbocycles. The summed E-state index contributed by atoms with van der Waals surface area (Å²) in [5.41, 5.74) is 0.331. The van der Waals surface area contributed by atoms with E-state index in [9.17, 15) is 19.7 Å². The number of carbonyl (C=O) groups excluding carboxylic acids is 2. The third kappa shape index (κ3) is 5.16. The van der Waals surface area contributed by atoms with Crippen molar-refractivity contribution in [1.82, 2.24) is 25.4 Å². The van der Waals surface area contributed by atoms with Crippen LogP contribution in [0, 0.1) is 10.1 Å². The Labute approximate surface area is 137 Å². The molecule has 2 aromatic heterocycles. The highest BCUT2D eigenvalue weighted by atomic mass is 16.6. The molecular formula is C14H16N6O4. The minimum Gasteiger partial charge on any atom is -0.354 e. The van der Waals surface area contributed by atoms with Crippen LogP contribution in [-0.4, -0.2) is 44.6 Å². The molecule has 2 N–H and O–H groups in total. The first-order valence-electron chi connectivity index (χ1n) is 7.18. The van der Waals surface area contributed by atoms with Crippen molar-refractivity contribution < 1.29 is 14.5 Å². The van der Waals surface area contributed by atoms with E-state index in [1.807, 2.05) is 0 Å². The number of amides is 2. The number of hydrogen-bond acceptors (Lipinski definition) is 6. The molecule has 0 spiro atoms. The SMILES string of the molecule is O=C(CCn1cc([N+](=O)[O-])cn1)NCCNC(=O)c1cccnc1. The van der Waals surface area contributed by atoms with Gasteiger partial charge in [0.1, 0.15) is 12.4 Å². The zero-order chi connectivity index (χ0) is 17.4. The number of rotatable bonds is 8. The van der Waals surface area contributed by atoms with Gasteiger partial charge in [0.15, 0.2) is 0 Å². The quantitative estimate of drug-likeness (QED) is 0.401. The van der Waals surface area contributed by atoms with Crippen LogP contribution in [0.25, 0.3) is 0 Å². The molecule has 0 aliphatic rings. The molecule has 2 amide bonds. The van der Waals surface area contributed by atoms with E-state index in [1.54, 1.807) is 18.3 Å². The fourth-order valence-electron chi connectivity index (χ4n) is 1.85. The molecule has 0 saturated carbocycles. The van der Waals surface area contributed by atoms with Crippen molar-refractivity contribution in [3.05, 3.63) is 52.6 Å². The van der Waals surface area contributed by atoms with E-state index in [0.717, 1.165) is 6.20 Å². The van der Waals surface area contributed by atoms with Crippen LogP contribution in [0.1, 0.15) is 16.8 Å². The van der Waals surface area contributed by atoms with Crippen LogP contribution in [0.2, 0.25) is 0 Å². The Morgan fingerprint density at radius 1 is 1.25 bits per heavy atom. The molecule has 0 radical (unpaired) electrons. The lowest BCUT2D eigenvalue weighted by molar-refractivity contribution is -0.385. The van der Waals surface area contributed by atoms with Gasteiger partial charge in [-0.25, -0.2) is 0 Å². The molecule has 0 aromatic carbocycles. The predicted molar refractivity (Wildman–Crippen MR) is 83.1 cm³/mol. The summed E-state index contributed by atoms with van der Waals surface area (Å²) >= 11 is 0. The van der Waals surface area contributed by atoms with Crippen molar-refractivity contribution in [2.45, 2.75) is 13.0 Å². The lowest BCUT2D eigenvalue weighted by Gasteiger charge is -2.07. The third-order valence-corrected chi connectivity index (χ3v) is 3.05. The summed E-state index contributed by atoms with van der Waals surface area (Å²) in [5, 5.41) is 19.6. The Balaban J connectivity index is 1.63. The zero-order valence-corrected chi connectivity index (χ0v) is 12.7. The maximum Gasteiger partial charge on any atom is 0.306 e. The van der Waals surface area contributed by atoms with E-state index in [4.69, 9.17) is 0 Å². The number of aromatic nitrogens is 3. The van der Waals surface area contributed by atoms with Gasteiger partial charge in [-0.2, -0.15) is 5.10 Å². The number of nitro groups is 1. The number of pyridine rings is 1. The monoisotopic (exact) mass is 332 g/mol. The van der Waals surface area contributed by atoms with E-state index in [1.165, 1.54) is 17.1 Å². The molecular weight excluding hydrogens is 316 g/mol. The first-order chi connectivity index (χ1) is 11.6. The summed E-state index contributed by atoms with van der Waals surface area (Å²) in [6.45, 7) is 0.804. The van der Waals surface area contributed by atoms with Crippen molar-refractivity contribution in [2.75, 3.05) is 13.1 Å². The van der Waals surface area contributed by atoms with Gasteiger partial charge in [-0.15, -0.1) is 0 Å². The van der Waals surface area contributed by atoms with Gasteiger partial charge in [0.05, 0.1) is 10.5 Å². The average Bonchev–Trinajstić information content (AvgIpc) is 3.07. The maximum absolute atomic E-state index is 11.7. The summed E-state index contributed by atoms with van der Waals surface area (Å²) in [7, 11) is 0. The highest BCUT2D eigenvalue weighted by Crippen LogP contribution is 2.07. The molecule has 2 aromatic rings. The molecule has 0 saturated heterocycles. The summed E-state index contributed by atoms with van der Waals surface area (Å²) < 4.78 is 1.34. The van der Waals surface area contributed by atoms with E-state index in [-0.39, 0.29) is 43.6 Å². The van der Waals surface area contributed by atoms with Crippen LogP contribution >= 0.6 is 0 Å². The highest BCUT2D eigenvalue weighted by Gasteiger charge is 2.10. The van der Waals surface area contributed by atoms with Crippen molar-refractivity contribution in [2.24, 2.45) is 0 Å². The summed E-state index contributed by atoms with van der Waals surface area (Å²) in [6.07, 6.45) is 5.56. The lowest BCUT2D eigenvalue weighted by atomic mass is 10.3. The second kappa shape index (κ2) is 8.36. The molecule has 10 nitrogen and oxygen atoms in total. The number of nitrogens with zero attached hydrogens (tertiary/aromatic N) is 4. The van der Waals surface area contributed by atoms with Crippen LogP contribution in [0.4, 0.5) is 5.69 Å². The molecule has 0 fully saturated rings. The fraction of sp³-hybridized carbons (Fsp3) is 0.286. The molecule has 0 atom stereocenters. The molecule has 24 heavy (non-hydrogen) atoms. The number of aryl methyl sites for hydroxylation is 1. The fourth-order valence-corrected chi connectivity index (χ4v) is 1.85. The van der Waals surface area contributed by atoms with Crippen molar-refractivity contribution in [1.29, 1.82) is 0 Å². The Morgan fingerprint density at radius 3 is 2.71 bits per heavy atom. The number of nitrogens with one attached hydrogen (secondary N) is 2.